The number of aromatic nitrogens is 2. The van der Waals surface area contributed by atoms with Gasteiger partial charge in [-0.1, -0.05) is 11.2 Å². The lowest BCUT2D eigenvalue weighted by atomic mass is 10.4. The SMILES string of the molecule is C[C@H](SCc1noc(C2CC2)n1)c1cccs1. The summed E-state index contributed by atoms with van der Waals surface area (Å²) in [7, 11) is 0. The van der Waals surface area contributed by atoms with E-state index in [4.69, 9.17) is 4.52 Å². The molecule has 0 amide bonds. The van der Waals surface area contributed by atoms with Gasteiger partial charge in [-0.2, -0.15) is 4.98 Å². The summed E-state index contributed by atoms with van der Waals surface area (Å²) in [6.07, 6.45) is 2.42. The second kappa shape index (κ2) is 4.82. The Morgan fingerprint density at radius 1 is 1.59 bits per heavy atom. The summed E-state index contributed by atoms with van der Waals surface area (Å²) in [5.41, 5.74) is 0. The quantitative estimate of drug-likeness (QED) is 0.820. The molecule has 0 aromatic carbocycles. The molecule has 1 aliphatic carbocycles. The number of nitrogens with zero attached hydrogens (tertiary/aromatic N) is 2. The zero-order valence-electron chi connectivity index (χ0n) is 9.63. The molecule has 2 heterocycles. The first-order valence-corrected chi connectivity index (χ1v) is 7.73. The van der Waals surface area contributed by atoms with E-state index < -0.39 is 0 Å². The number of hydrogen-bond acceptors (Lipinski definition) is 5. The van der Waals surface area contributed by atoms with Crippen LogP contribution in [0.2, 0.25) is 0 Å². The molecule has 3 nitrogen and oxygen atoms in total. The Morgan fingerprint density at radius 3 is 3.18 bits per heavy atom. The van der Waals surface area contributed by atoms with Gasteiger partial charge in [0.25, 0.3) is 0 Å². The molecule has 0 aliphatic heterocycles. The van der Waals surface area contributed by atoms with Crippen molar-refractivity contribution in [1.82, 2.24) is 10.1 Å². The van der Waals surface area contributed by atoms with Crippen LogP contribution in [-0.2, 0) is 5.75 Å². The Labute approximate surface area is 109 Å². The van der Waals surface area contributed by atoms with E-state index in [0.29, 0.717) is 11.2 Å². The average Bonchev–Trinajstić information content (AvgIpc) is 2.88. The highest BCUT2D eigenvalue weighted by Gasteiger charge is 2.29. The van der Waals surface area contributed by atoms with Gasteiger partial charge in [-0.25, -0.2) is 0 Å². The summed E-state index contributed by atoms with van der Waals surface area (Å²) in [6, 6.07) is 4.27. The molecule has 17 heavy (non-hydrogen) atoms. The molecule has 1 fully saturated rings. The molecular weight excluding hydrogens is 252 g/mol. The van der Waals surface area contributed by atoms with Crippen LogP contribution in [-0.4, -0.2) is 10.1 Å². The molecule has 0 unspecified atom stereocenters. The van der Waals surface area contributed by atoms with Gasteiger partial charge in [0.2, 0.25) is 5.89 Å². The smallest absolute Gasteiger partial charge is 0.229 e. The van der Waals surface area contributed by atoms with Crippen molar-refractivity contribution < 1.29 is 4.52 Å². The predicted octanol–water partition coefficient (Wildman–Crippen LogP) is 4.00. The van der Waals surface area contributed by atoms with Crippen LogP contribution >= 0.6 is 23.1 Å². The molecule has 90 valence electrons. The summed E-state index contributed by atoms with van der Waals surface area (Å²) in [4.78, 5) is 5.83. The maximum Gasteiger partial charge on any atom is 0.229 e. The number of thiophene rings is 1. The summed E-state index contributed by atoms with van der Waals surface area (Å²) in [5.74, 6) is 3.05. The van der Waals surface area contributed by atoms with Gasteiger partial charge in [-0.3, -0.25) is 0 Å². The zero-order valence-corrected chi connectivity index (χ0v) is 11.3. The number of rotatable bonds is 5. The van der Waals surface area contributed by atoms with Gasteiger partial charge >= 0.3 is 0 Å². The van der Waals surface area contributed by atoms with Crippen LogP contribution in [0.1, 0.15) is 47.5 Å². The Balaban J connectivity index is 1.56. The molecule has 1 saturated carbocycles. The van der Waals surface area contributed by atoms with Crippen molar-refractivity contribution in [2.24, 2.45) is 0 Å². The minimum Gasteiger partial charge on any atom is -0.339 e. The highest BCUT2D eigenvalue weighted by atomic mass is 32.2. The van der Waals surface area contributed by atoms with Crippen molar-refractivity contribution in [3.8, 4) is 0 Å². The molecule has 1 aliphatic rings. The van der Waals surface area contributed by atoms with E-state index in [-0.39, 0.29) is 0 Å². The molecule has 0 radical (unpaired) electrons. The van der Waals surface area contributed by atoms with E-state index in [1.54, 1.807) is 11.3 Å². The van der Waals surface area contributed by atoms with Crippen LogP contribution in [0.25, 0.3) is 0 Å². The Kier molecular flexibility index (Phi) is 3.20. The van der Waals surface area contributed by atoms with Crippen molar-refractivity contribution in [2.75, 3.05) is 0 Å². The maximum absolute atomic E-state index is 5.24. The number of thioether (sulfide) groups is 1. The van der Waals surface area contributed by atoms with Gasteiger partial charge in [0, 0.05) is 16.0 Å². The molecule has 0 spiro atoms. The van der Waals surface area contributed by atoms with E-state index in [9.17, 15) is 0 Å². The van der Waals surface area contributed by atoms with Crippen LogP contribution in [0.5, 0.6) is 0 Å². The van der Waals surface area contributed by atoms with E-state index in [0.717, 1.165) is 17.5 Å². The third kappa shape index (κ3) is 2.72. The standard InChI is InChI=1S/C12H14N2OS2/c1-8(10-3-2-6-16-10)17-7-11-13-12(15-14-11)9-4-5-9/h2-3,6,8-9H,4-5,7H2,1H3/t8-/m0/s1. The van der Waals surface area contributed by atoms with E-state index in [2.05, 4.69) is 34.6 Å². The Morgan fingerprint density at radius 2 is 2.47 bits per heavy atom. The first kappa shape index (κ1) is 11.3. The Hall–Kier alpha value is -0.810. The number of hydrogen-bond donors (Lipinski definition) is 0. The predicted molar refractivity (Wildman–Crippen MR) is 70.3 cm³/mol. The highest BCUT2D eigenvalue weighted by Crippen LogP contribution is 2.39. The van der Waals surface area contributed by atoms with E-state index in [1.807, 2.05) is 11.8 Å². The molecule has 3 rings (SSSR count). The maximum atomic E-state index is 5.24. The first-order chi connectivity index (χ1) is 8.33. The van der Waals surface area contributed by atoms with Crippen LogP contribution in [0, 0.1) is 0 Å². The highest BCUT2D eigenvalue weighted by molar-refractivity contribution is 7.98. The Bertz CT molecular complexity index is 476. The molecule has 0 saturated heterocycles. The lowest BCUT2D eigenvalue weighted by molar-refractivity contribution is 0.375. The van der Waals surface area contributed by atoms with Crippen LogP contribution in [0.3, 0.4) is 0 Å². The van der Waals surface area contributed by atoms with Crippen LogP contribution in [0.4, 0.5) is 0 Å². The molecule has 0 bridgehead atoms. The van der Waals surface area contributed by atoms with Gasteiger partial charge in [0.15, 0.2) is 5.82 Å². The second-order valence-corrected chi connectivity index (χ2v) is 6.60. The third-order valence-electron chi connectivity index (χ3n) is 2.82. The van der Waals surface area contributed by atoms with Gasteiger partial charge in [0.1, 0.15) is 0 Å². The topological polar surface area (TPSA) is 38.9 Å². The fraction of sp³-hybridized carbons (Fsp3) is 0.500. The van der Waals surface area contributed by atoms with Crippen molar-refractivity contribution >= 4 is 23.1 Å². The minimum atomic E-state index is 0.498. The van der Waals surface area contributed by atoms with E-state index in [1.165, 1.54) is 17.7 Å². The van der Waals surface area contributed by atoms with Crippen LogP contribution in [0.15, 0.2) is 22.0 Å². The van der Waals surface area contributed by atoms with Crippen LogP contribution < -0.4 is 0 Å². The average molecular weight is 266 g/mol. The third-order valence-corrected chi connectivity index (χ3v) is 5.20. The summed E-state index contributed by atoms with van der Waals surface area (Å²) in [6.45, 7) is 2.22. The monoisotopic (exact) mass is 266 g/mol. The minimum absolute atomic E-state index is 0.498. The van der Waals surface area contributed by atoms with Crippen molar-refractivity contribution in [2.45, 2.75) is 36.7 Å². The fourth-order valence-corrected chi connectivity index (χ4v) is 3.42. The molecular formula is C12H14N2OS2. The van der Waals surface area contributed by atoms with Crippen molar-refractivity contribution in [3.05, 3.63) is 34.1 Å². The van der Waals surface area contributed by atoms with Gasteiger partial charge in [-0.15, -0.1) is 23.1 Å². The molecule has 2 aromatic heterocycles. The molecule has 0 N–H and O–H groups in total. The summed E-state index contributed by atoms with van der Waals surface area (Å²) in [5, 5.41) is 6.64. The molecule has 5 heteroatoms. The molecule has 1 atom stereocenters. The lowest BCUT2D eigenvalue weighted by Crippen LogP contribution is -1.89. The zero-order chi connectivity index (χ0) is 11.7. The summed E-state index contributed by atoms with van der Waals surface area (Å²) < 4.78 is 5.24. The van der Waals surface area contributed by atoms with Crippen molar-refractivity contribution in [1.29, 1.82) is 0 Å². The fourth-order valence-electron chi connectivity index (χ4n) is 1.63. The lowest BCUT2D eigenvalue weighted by Gasteiger charge is -2.06. The first-order valence-electron chi connectivity index (χ1n) is 5.80. The van der Waals surface area contributed by atoms with E-state index >= 15 is 0 Å². The second-order valence-electron chi connectivity index (χ2n) is 4.29. The molecule has 2 aromatic rings. The summed E-state index contributed by atoms with van der Waals surface area (Å²) >= 11 is 3.66. The van der Waals surface area contributed by atoms with Gasteiger partial charge < -0.3 is 4.52 Å². The normalized spacial score (nSPS) is 17.2. The largest absolute Gasteiger partial charge is 0.339 e. The van der Waals surface area contributed by atoms with Gasteiger partial charge in [0.05, 0.1) is 5.75 Å². The van der Waals surface area contributed by atoms with Gasteiger partial charge in [-0.05, 0) is 31.2 Å². The van der Waals surface area contributed by atoms with Crippen molar-refractivity contribution in [3.63, 3.8) is 0 Å².